The van der Waals surface area contributed by atoms with E-state index < -0.39 is 0 Å². The molecule has 84 valence electrons. The zero-order valence-electron chi connectivity index (χ0n) is 9.02. The van der Waals surface area contributed by atoms with Crippen LogP contribution in [-0.4, -0.2) is 14.9 Å². The fourth-order valence-electron chi connectivity index (χ4n) is 1.59. The van der Waals surface area contributed by atoms with E-state index in [0.29, 0.717) is 6.54 Å². The molecule has 0 aliphatic rings. The van der Waals surface area contributed by atoms with Crippen LogP contribution < -0.4 is 0 Å². The van der Waals surface area contributed by atoms with Crippen molar-refractivity contribution in [1.29, 1.82) is 0 Å². The van der Waals surface area contributed by atoms with Crippen molar-refractivity contribution in [2.75, 3.05) is 0 Å². The number of aliphatic hydroxyl groups is 1. The van der Waals surface area contributed by atoms with Crippen LogP contribution in [0.5, 0.6) is 0 Å². The third kappa shape index (κ3) is 2.10. The molecule has 0 fully saturated rings. The van der Waals surface area contributed by atoms with Gasteiger partial charge in [0.05, 0.1) is 19.3 Å². The first-order valence-corrected chi connectivity index (χ1v) is 5.45. The number of aromatic nitrogens is 2. The van der Waals surface area contributed by atoms with E-state index >= 15 is 0 Å². The third-order valence-electron chi connectivity index (χ3n) is 2.65. The van der Waals surface area contributed by atoms with Gasteiger partial charge in [0.2, 0.25) is 0 Å². The maximum atomic E-state index is 9.07. The van der Waals surface area contributed by atoms with Crippen molar-refractivity contribution in [3.63, 3.8) is 0 Å². The summed E-state index contributed by atoms with van der Waals surface area (Å²) in [5.74, 6) is 0. The Morgan fingerprint density at radius 2 is 2.06 bits per heavy atom. The van der Waals surface area contributed by atoms with Crippen LogP contribution in [-0.2, 0) is 13.2 Å². The average molecular weight is 237 g/mol. The van der Waals surface area contributed by atoms with Gasteiger partial charge < -0.3 is 5.11 Å². The second-order valence-electron chi connectivity index (χ2n) is 3.66. The van der Waals surface area contributed by atoms with E-state index in [2.05, 4.69) is 5.10 Å². The van der Waals surface area contributed by atoms with Gasteiger partial charge >= 0.3 is 0 Å². The van der Waals surface area contributed by atoms with E-state index in [0.717, 1.165) is 21.8 Å². The van der Waals surface area contributed by atoms with Gasteiger partial charge in [-0.2, -0.15) is 5.10 Å². The predicted molar refractivity (Wildman–Crippen MR) is 63.4 cm³/mol. The molecule has 0 amide bonds. The van der Waals surface area contributed by atoms with Crippen molar-refractivity contribution >= 4 is 11.6 Å². The van der Waals surface area contributed by atoms with Gasteiger partial charge in [0, 0.05) is 16.3 Å². The van der Waals surface area contributed by atoms with Crippen LogP contribution in [0, 0.1) is 6.92 Å². The number of rotatable bonds is 3. The summed E-state index contributed by atoms with van der Waals surface area (Å²) in [6.45, 7) is 2.59. The largest absolute Gasteiger partial charge is 0.392 e. The molecule has 3 nitrogen and oxygen atoms in total. The standard InChI is InChI=1S/C12H13ClN2O/c1-9-11(8-16)6-14-15(9)7-10-4-2-3-5-12(10)13/h2-6,16H,7-8H2,1H3. The molecule has 0 radical (unpaired) electrons. The van der Waals surface area contributed by atoms with Crippen LogP contribution >= 0.6 is 11.6 Å². The molecule has 2 rings (SSSR count). The summed E-state index contributed by atoms with van der Waals surface area (Å²) in [6.07, 6.45) is 1.69. The smallest absolute Gasteiger partial charge is 0.0715 e. The molecule has 16 heavy (non-hydrogen) atoms. The molecule has 2 aromatic rings. The van der Waals surface area contributed by atoms with Gasteiger partial charge in [-0.1, -0.05) is 29.8 Å². The molecule has 0 unspecified atom stereocenters. The molecule has 1 aromatic carbocycles. The minimum absolute atomic E-state index is 0.0222. The summed E-state index contributed by atoms with van der Waals surface area (Å²) in [6, 6.07) is 7.69. The minimum Gasteiger partial charge on any atom is -0.392 e. The monoisotopic (exact) mass is 236 g/mol. The molecule has 0 atom stereocenters. The Bertz CT molecular complexity index is 494. The zero-order valence-corrected chi connectivity index (χ0v) is 9.78. The quantitative estimate of drug-likeness (QED) is 0.889. The second kappa shape index (κ2) is 4.68. The Morgan fingerprint density at radius 1 is 1.31 bits per heavy atom. The van der Waals surface area contributed by atoms with Crippen LogP contribution in [0.3, 0.4) is 0 Å². The van der Waals surface area contributed by atoms with E-state index in [1.165, 1.54) is 0 Å². The van der Waals surface area contributed by atoms with E-state index in [9.17, 15) is 0 Å². The highest BCUT2D eigenvalue weighted by atomic mass is 35.5. The molecule has 0 bridgehead atoms. The van der Waals surface area contributed by atoms with Gasteiger partial charge in [0.1, 0.15) is 0 Å². The zero-order chi connectivity index (χ0) is 11.5. The van der Waals surface area contributed by atoms with E-state index in [1.54, 1.807) is 6.20 Å². The molecule has 0 saturated heterocycles. The van der Waals surface area contributed by atoms with Gasteiger partial charge in [-0.25, -0.2) is 0 Å². The fourth-order valence-corrected chi connectivity index (χ4v) is 1.78. The number of aliphatic hydroxyl groups excluding tert-OH is 1. The van der Waals surface area contributed by atoms with E-state index in [4.69, 9.17) is 16.7 Å². The van der Waals surface area contributed by atoms with Crippen molar-refractivity contribution in [1.82, 2.24) is 9.78 Å². The summed E-state index contributed by atoms with van der Waals surface area (Å²) in [7, 11) is 0. The summed E-state index contributed by atoms with van der Waals surface area (Å²) < 4.78 is 1.84. The first-order valence-electron chi connectivity index (χ1n) is 5.08. The SMILES string of the molecule is Cc1c(CO)cnn1Cc1ccccc1Cl. The molecular formula is C12H13ClN2O. The topological polar surface area (TPSA) is 38.1 Å². The first kappa shape index (κ1) is 11.2. The highest BCUT2D eigenvalue weighted by Gasteiger charge is 2.07. The molecule has 0 saturated carbocycles. The molecule has 4 heteroatoms. The minimum atomic E-state index is 0.0222. The highest BCUT2D eigenvalue weighted by Crippen LogP contribution is 2.17. The average Bonchev–Trinajstić information content (AvgIpc) is 2.63. The molecule has 1 aromatic heterocycles. The summed E-state index contributed by atoms with van der Waals surface area (Å²) in [5, 5.41) is 14.0. The predicted octanol–water partition coefficient (Wildman–Crippen LogP) is 2.39. The van der Waals surface area contributed by atoms with E-state index in [-0.39, 0.29) is 6.61 Å². The van der Waals surface area contributed by atoms with Crippen LogP contribution in [0.2, 0.25) is 5.02 Å². The lowest BCUT2D eigenvalue weighted by Crippen LogP contribution is -2.04. The lowest BCUT2D eigenvalue weighted by Gasteiger charge is -2.06. The molecule has 0 spiro atoms. The van der Waals surface area contributed by atoms with Crippen molar-refractivity contribution < 1.29 is 5.11 Å². The second-order valence-corrected chi connectivity index (χ2v) is 4.07. The van der Waals surface area contributed by atoms with Crippen LogP contribution in [0.1, 0.15) is 16.8 Å². The maximum absolute atomic E-state index is 9.07. The Morgan fingerprint density at radius 3 is 2.69 bits per heavy atom. The number of benzene rings is 1. The number of hydrogen-bond donors (Lipinski definition) is 1. The van der Waals surface area contributed by atoms with Gasteiger partial charge in [-0.05, 0) is 18.6 Å². The molecule has 0 aliphatic heterocycles. The Kier molecular flexibility index (Phi) is 3.27. The van der Waals surface area contributed by atoms with Crippen molar-refractivity contribution in [3.8, 4) is 0 Å². The van der Waals surface area contributed by atoms with Gasteiger partial charge in [0.25, 0.3) is 0 Å². The van der Waals surface area contributed by atoms with Crippen LogP contribution in [0.4, 0.5) is 0 Å². The molecule has 1 N–H and O–H groups in total. The number of hydrogen-bond acceptors (Lipinski definition) is 2. The Labute approximate surface area is 99.3 Å². The maximum Gasteiger partial charge on any atom is 0.0715 e. The Balaban J connectivity index is 2.27. The Hall–Kier alpha value is -1.32. The van der Waals surface area contributed by atoms with Crippen molar-refractivity contribution in [3.05, 3.63) is 52.3 Å². The lowest BCUT2D eigenvalue weighted by atomic mass is 10.2. The van der Waals surface area contributed by atoms with E-state index in [1.807, 2.05) is 35.9 Å². The van der Waals surface area contributed by atoms with Gasteiger partial charge in [-0.15, -0.1) is 0 Å². The molecule has 1 heterocycles. The fraction of sp³-hybridized carbons (Fsp3) is 0.250. The normalized spacial score (nSPS) is 10.7. The summed E-state index contributed by atoms with van der Waals surface area (Å²) in [5.41, 5.74) is 2.86. The van der Waals surface area contributed by atoms with Crippen molar-refractivity contribution in [2.45, 2.75) is 20.1 Å². The number of nitrogens with zero attached hydrogens (tertiary/aromatic N) is 2. The third-order valence-corrected chi connectivity index (χ3v) is 3.02. The van der Waals surface area contributed by atoms with Crippen LogP contribution in [0.25, 0.3) is 0 Å². The molecular weight excluding hydrogens is 224 g/mol. The van der Waals surface area contributed by atoms with Crippen LogP contribution in [0.15, 0.2) is 30.5 Å². The summed E-state index contributed by atoms with van der Waals surface area (Å²) in [4.78, 5) is 0. The first-order chi connectivity index (χ1) is 7.72. The van der Waals surface area contributed by atoms with Gasteiger partial charge in [0.15, 0.2) is 0 Å². The molecule has 0 aliphatic carbocycles. The number of halogens is 1. The lowest BCUT2D eigenvalue weighted by molar-refractivity contribution is 0.281. The highest BCUT2D eigenvalue weighted by molar-refractivity contribution is 6.31. The van der Waals surface area contributed by atoms with Crippen molar-refractivity contribution in [2.24, 2.45) is 0 Å². The van der Waals surface area contributed by atoms with Gasteiger partial charge in [-0.3, -0.25) is 4.68 Å². The summed E-state index contributed by atoms with van der Waals surface area (Å²) >= 11 is 6.08.